The van der Waals surface area contributed by atoms with Crippen LogP contribution in [0.1, 0.15) is 52.9 Å². The monoisotopic (exact) mass is 334 g/mol. The Morgan fingerprint density at radius 2 is 2.00 bits per heavy atom. The van der Waals surface area contributed by atoms with E-state index in [4.69, 9.17) is 9.47 Å². The maximum absolute atomic E-state index is 12.7. The Bertz CT molecular complexity index is 572. The molecule has 3 saturated carbocycles. The van der Waals surface area contributed by atoms with Crippen molar-refractivity contribution in [3.05, 3.63) is 0 Å². The molecule has 134 valence electrons. The number of carbonyl (C=O) groups excluding carboxylic acids is 1. The Labute approximate surface area is 144 Å². The quantitative estimate of drug-likeness (QED) is 0.692. The van der Waals surface area contributed by atoms with Crippen LogP contribution >= 0.6 is 0 Å². The maximum atomic E-state index is 12.7. The normalized spacial score (nSPS) is 57.8. The second-order valence-electron chi connectivity index (χ2n) is 10.0. The number of esters is 1. The van der Waals surface area contributed by atoms with Gasteiger partial charge in [-0.3, -0.25) is 4.79 Å². The largest absolute Gasteiger partial charge is 0.459 e. The Kier molecular flexibility index (Phi) is 3.10. The molecule has 2 saturated heterocycles. The highest BCUT2D eigenvalue weighted by Crippen LogP contribution is 2.67. The van der Waals surface area contributed by atoms with E-state index in [1.807, 2.05) is 0 Å². The molecule has 4 nitrogen and oxygen atoms in total. The SMILES string of the molecule is CC1(C)CCC[C@]2(C)[C@H]3C[C@H]4OCC[C@H]4[C@H]4C(=O)O[C@@H]([C@H](O)[C@@H]12)[C@@H]43. The summed E-state index contributed by atoms with van der Waals surface area (Å²) in [6.45, 7) is 7.75. The highest BCUT2D eigenvalue weighted by Gasteiger charge is 2.70. The molecule has 0 unspecified atom stereocenters. The van der Waals surface area contributed by atoms with Gasteiger partial charge in [-0.2, -0.15) is 0 Å². The van der Waals surface area contributed by atoms with Crippen LogP contribution in [0.15, 0.2) is 0 Å². The number of hydrogen-bond acceptors (Lipinski definition) is 4. The van der Waals surface area contributed by atoms with Crippen LogP contribution in [0.4, 0.5) is 0 Å². The summed E-state index contributed by atoms with van der Waals surface area (Å²) in [5.41, 5.74) is 0.181. The third kappa shape index (κ3) is 1.74. The first kappa shape index (κ1) is 15.6. The third-order valence-corrected chi connectivity index (χ3v) is 8.61. The van der Waals surface area contributed by atoms with E-state index in [1.165, 1.54) is 6.42 Å². The molecule has 1 N–H and O–H groups in total. The van der Waals surface area contributed by atoms with Crippen molar-refractivity contribution in [1.29, 1.82) is 0 Å². The molecule has 5 fully saturated rings. The number of aliphatic hydroxyl groups is 1. The minimum atomic E-state index is -0.514. The molecule has 0 spiro atoms. The molecule has 0 aromatic rings. The van der Waals surface area contributed by atoms with Gasteiger partial charge in [0.15, 0.2) is 0 Å². The van der Waals surface area contributed by atoms with E-state index in [9.17, 15) is 9.90 Å². The van der Waals surface area contributed by atoms with Crippen LogP contribution in [-0.2, 0) is 14.3 Å². The van der Waals surface area contributed by atoms with Crippen LogP contribution in [-0.4, -0.2) is 36.0 Å². The Morgan fingerprint density at radius 1 is 1.21 bits per heavy atom. The lowest BCUT2D eigenvalue weighted by Gasteiger charge is -2.63. The van der Waals surface area contributed by atoms with E-state index in [0.29, 0.717) is 11.8 Å². The summed E-state index contributed by atoms with van der Waals surface area (Å²) in [7, 11) is 0. The number of rotatable bonds is 0. The first-order valence-corrected chi connectivity index (χ1v) is 9.85. The fraction of sp³-hybridized carbons (Fsp3) is 0.950. The summed E-state index contributed by atoms with van der Waals surface area (Å²) >= 11 is 0. The van der Waals surface area contributed by atoms with Crippen LogP contribution < -0.4 is 0 Å². The van der Waals surface area contributed by atoms with Crippen LogP contribution in [0.3, 0.4) is 0 Å². The molecular weight excluding hydrogens is 304 g/mol. The lowest BCUT2D eigenvalue weighted by Crippen LogP contribution is -2.65. The van der Waals surface area contributed by atoms with Crippen LogP contribution in [0.25, 0.3) is 0 Å². The molecule has 0 aromatic carbocycles. The highest BCUT2D eigenvalue weighted by molar-refractivity contribution is 5.76. The van der Waals surface area contributed by atoms with Crippen molar-refractivity contribution in [1.82, 2.24) is 0 Å². The molecule has 0 radical (unpaired) electrons. The van der Waals surface area contributed by atoms with E-state index in [-0.39, 0.29) is 46.8 Å². The lowest BCUT2D eigenvalue weighted by molar-refractivity contribution is -0.216. The van der Waals surface area contributed by atoms with Gasteiger partial charge in [-0.05, 0) is 48.3 Å². The predicted molar refractivity (Wildman–Crippen MR) is 88.0 cm³/mol. The van der Waals surface area contributed by atoms with Crippen molar-refractivity contribution < 1.29 is 19.4 Å². The number of carbonyl (C=O) groups is 1. The van der Waals surface area contributed by atoms with Gasteiger partial charge < -0.3 is 14.6 Å². The van der Waals surface area contributed by atoms with Gasteiger partial charge in [-0.15, -0.1) is 0 Å². The molecule has 0 bridgehead atoms. The minimum absolute atomic E-state index is 0.0429. The topological polar surface area (TPSA) is 55.8 Å². The van der Waals surface area contributed by atoms with Crippen LogP contribution in [0.2, 0.25) is 0 Å². The van der Waals surface area contributed by atoms with Crippen LogP contribution in [0, 0.1) is 40.4 Å². The number of fused-ring (bicyclic) bond motifs is 4. The zero-order chi connectivity index (χ0) is 16.9. The van der Waals surface area contributed by atoms with Crippen molar-refractivity contribution in [3.8, 4) is 0 Å². The Balaban J connectivity index is 1.63. The summed E-state index contributed by atoms with van der Waals surface area (Å²) in [6.07, 6.45) is 4.97. The van der Waals surface area contributed by atoms with Crippen molar-refractivity contribution >= 4 is 5.97 Å². The van der Waals surface area contributed by atoms with Gasteiger partial charge in [-0.1, -0.05) is 27.2 Å². The lowest BCUT2D eigenvalue weighted by atomic mass is 9.41. The predicted octanol–water partition coefficient (Wildman–Crippen LogP) is 2.78. The first-order valence-electron chi connectivity index (χ1n) is 9.85. The van der Waals surface area contributed by atoms with Gasteiger partial charge in [0.1, 0.15) is 6.10 Å². The number of hydrogen-bond donors (Lipinski definition) is 1. The second kappa shape index (κ2) is 4.76. The van der Waals surface area contributed by atoms with E-state index in [1.54, 1.807) is 0 Å². The molecule has 3 aliphatic carbocycles. The summed E-state index contributed by atoms with van der Waals surface area (Å²) in [4.78, 5) is 12.7. The zero-order valence-corrected chi connectivity index (χ0v) is 15.0. The van der Waals surface area contributed by atoms with E-state index in [2.05, 4.69) is 20.8 Å². The van der Waals surface area contributed by atoms with Crippen molar-refractivity contribution in [2.24, 2.45) is 40.4 Å². The standard InChI is InChI=1S/C20H30O4/c1-19(2)6-4-7-20(3)11-9-12-10(5-8-23-12)13-14(11)16(24-18(13)22)15(21)17(19)20/h10-17,21H,4-9H2,1-3H3/t10-,11+,12-,13-,14-,15+,16-,17+,20-/m1/s1. The molecule has 4 heteroatoms. The van der Waals surface area contributed by atoms with Crippen molar-refractivity contribution in [3.63, 3.8) is 0 Å². The smallest absolute Gasteiger partial charge is 0.310 e. The average molecular weight is 334 g/mol. The molecule has 2 heterocycles. The second-order valence-corrected chi connectivity index (χ2v) is 10.0. The summed E-state index contributed by atoms with van der Waals surface area (Å²) in [6, 6.07) is 0. The maximum Gasteiger partial charge on any atom is 0.310 e. The highest BCUT2D eigenvalue weighted by atomic mass is 16.6. The fourth-order valence-electron chi connectivity index (χ4n) is 7.91. The molecular formula is C20H30O4. The van der Waals surface area contributed by atoms with E-state index >= 15 is 0 Å². The molecule has 5 rings (SSSR count). The minimum Gasteiger partial charge on any atom is -0.459 e. The number of ether oxygens (including phenoxy) is 2. The Hall–Kier alpha value is -0.610. The van der Waals surface area contributed by atoms with E-state index < -0.39 is 6.10 Å². The Morgan fingerprint density at radius 3 is 2.79 bits per heavy atom. The summed E-state index contributed by atoms with van der Waals surface area (Å²) in [5, 5.41) is 11.3. The van der Waals surface area contributed by atoms with Gasteiger partial charge in [0.25, 0.3) is 0 Å². The zero-order valence-electron chi connectivity index (χ0n) is 15.0. The van der Waals surface area contributed by atoms with Crippen molar-refractivity contribution in [2.75, 3.05) is 6.61 Å². The molecule has 5 aliphatic rings. The average Bonchev–Trinajstić information content (AvgIpc) is 3.08. The van der Waals surface area contributed by atoms with Gasteiger partial charge >= 0.3 is 5.97 Å². The molecule has 0 aromatic heterocycles. The van der Waals surface area contributed by atoms with Crippen LogP contribution in [0.5, 0.6) is 0 Å². The summed E-state index contributed by atoms with van der Waals surface area (Å²) < 4.78 is 11.9. The first-order chi connectivity index (χ1) is 11.3. The molecule has 2 aliphatic heterocycles. The van der Waals surface area contributed by atoms with Gasteiger partial charge in [-0.25, -0.2) is 0 Å². The van der Waals surface area contributed by atoms with Gasteiger partial charge in [0.2, 0.25) is 0 Å². The molecule has 24 heavy (non-hydrogen) atoms. The van der Waals surface area contributed by atoms with Crippen molar-refractivity contribution in [2.45, 2.75) is 71.2 Å². The molecule has 9 atom stereocenters. The van der Waals surface area contributed by atoms with Gasteiger partial charge in [0, 0.05) is 18.4 Å². The summed E-state index contributed by atoms with van der Waals surface area (Å²) in [5.74, 6) is 1.05. The van der Waals surface area contributed by atoms with Gasteiger partial charge in [0.05, 0.1) is 18.1 Å². The third-order valence-electron chi connectivity index (χ3n) is 8.61. The van der Waals surface area contributed by atoms with E-state index in [0.717, 1.165) is 32.3 Å². The number of aliphatic hydroxyl groups excluding tert-OH is 1. The fourth-order valence-corrected chi connectivity index (χ4v) is 7.91. The molecule has 0 amide bonds.